The summed E-state index contributed by atoms with van der Waals surface area (Å²) in [5.41, 5.74) is 10.4. The second-order valence-corrected chi connectivity index (χ2v) is 4.77. The summed E-state index contributed by atoms with van der Waals surface area (Å²) in [4.78, 5) is 13.9. The van der Waals surface area contributed by atoms with Crippen molar-refractivity contribution in [1.82, 2.24) is 0 Å². The van der Waals surface area contributed by atoms with Crippen LogP contribution in [0.15, 0.2) is 12.1 Å². The van der Waals surface area contributed by atoms with Crippen molar-refractivity contribution in [1.29, 1.82) is 0 Å². The zero-order chi connectivity index (χ0) is 12.4. The first kappa shape index (κ1) is 12.1. The van der Waals surface area contributed by atoms with Crippen molar-refractivity contribution < 1.29 is 4.79 Å². The highest BCUT2D eigenvalue weighted by molar-refractivity contribution is 5.95. The van der Waals surface area contributed by atoms with Gasteiger partial charge in [0.25, 0.3) is 0 Å². The molecule has 0 atom stereocenters. The maximum atomic E-state index is 12.0. The highest BCUT2D eigenvalue weighted by Gasteiger charge is 2.23. The monoisotopic (exact) mass is 232 g/mol. The molecule has 1 heterocycles. The third kappa shape index (κ3) is 2.34. The number of hydrogen-bond donors (Lipinski definition) is 1. The highest BCUT2D eigenvalue weighted by atomic mass is 16.2. The number of hydrogen-bond acceptors (Lipinski definition) is 2. The van der Waals surface area contributed by atoms with Crippen molar-refractivity contribution in [3.8, 4) is 0 Å². The van der Waals surface area contributed by atoms with Crippen LogP contribution >= 0.6 is 0 Å². The predicted molar refractivity (Wildman–Crippen MR) is 70.3 cm³/mol. The van der Waals surface area contributed by atoms with Crippen LogP contribution in [-0.4, -0.2) is 19.0 Å². The summed E-state index contributed by atoms with van der Waals surface area (Å²) in [7, 11) is 0. The number of fused-ring (bicyclic) bond motifs is 1. The Morgan fingerprint density at radius 2 is 2.18 bits per heavy atom. The molecule has 0 radical (unpaired) electrons. The molecule has 0 fully saturated rings. The first-order valence-electron chi connectivity index (χ1n) is 6.24. The molecular formula is C14H20N2O. The minimum atomic E-state index is 0.151. The summed E-state index contributed by atoms with van der Waals surface area (Å²) in [6.45, 7) is 5.46. The fraction of sp³-hybridized carbons (Fsp3) is 0.500. The Kier molecular flexibility index (Phi) is 3.48. The highest BCUT2D eigenvalue weighted by Crippen LogP contribution is 2.31. The van der Waals surface area contributed by atoms with Gasteiger partial charge in [0.2, 0.25) is 5.91 Å². The van der Waals surface area contributed by atoms with Crippen LogP contribution in [0.1, 0.15) is 29.5 Å². The molecule has 0 saturated heterocycles. The molecule has 1 aliphatic heterocycles. The van der Waals surface area contributed by atoms with Crippen LogP contribution in [0.3, 0.4) is 0 Å². The normalized spacial score (nSPS) is 14.6. The van der Waals surface area contributed by atoms with Crippen molar-refractivity contribution in [2.75, 3.05) is 18.0 Å². The number of carbonyl (C=O) groups is 1. The van der Waals surface area contributed by atoms with Gasteiger partial charge in [-0.15, -0.1) is 0 Å². The van der Waals surface area contributed by atoms with Crippen LogP contribution in [0.2, 0.25) is 0 Å². The topological polar surface area (TPSA) is 46.3 Å². The fourth-order valence-corrected chi connectivity index (χ4v) is 2.59. The first-order valence-corrected chi connectivity index (χ1v) is 6.24. The zero-order valence-corrected chi connectivity index (χ0v) is 10.6. The maximum Gasteiger partial charge on any atom is 0.228 e. The lowest BCUT2D eigenvalue weighted by molar-refractivity contribution is -0.118. The van der Waals surface area contributed by atoms with Gasteiger partial charge < -0.3 is 10.6 Å². The van der Waals surface area contributed by atoms with E-state index in [1.165, 1.54) is 16.7 Å². The van der Waals surface area contributed by atoms with E-state index < -0.39 is 0 Å². The lowest BCUT2D eigenvalue weighted by atomic mass is 9.95. The van der Waals surface area contributed by atoms with Crippen LogP contribution < -0.4 is 10.6 Å². The minimum absolute atomic E-state index is 0.151. The molecule has 3 heteroatoms. The van der Waals surface area contributed by atoms with Gasteiger partial charge in [-0.3, -0.25) is 4.79 Å². The number of nitrogens with zero attached hydrogens (tertiary/aromatic N) is 1. The molecule has 1 aromatic rings. The van der Waals surface area contributed by atoms with E-state index in [1.807, 2.05) is 4.90 Å². The summed E-state index contributed by atoms with van der Waals surface area (Å²) in [5, 5.41) is 0. The Balaban J connectivity index is 2.40. The number of nitrogens with two attached hydrogens (primary N) is 1. The second kappa shape index (κ2) is 4.88. The Hall–Kier alpha value is -1.35. The van der Waals surface area contributed by atoms with Crippen LogP contribution in [0, 0.1) is 13.8 Å². The predicted octanol–water partition coefficient (Wildman–Crippen LogP) is 1.93. The Morgan fingerprint density at radius 3 is 2.88 bits per heavy atom. The first-order chi connectivity index (χ1) is 8.13. The fourth-order valence-electron chi connectivity index (χ4n) is 2.59. The molecule has 92 valence electrons. The summed E-state index contributed by atoms with van der Waals surface area (Å²) in [5.74, 6) is 0.151. The second-order valence-electron chi connectivity index (χ2n) is 4.77. The van der Waals surface area contributed by atoms with Crippen LogP contribution in [0.25, 0.3) is 0 Å². The third-order valence-electron chi connectivity index (χ3n) is 3.35. The lowest BCUT2D eigenvalue weighted by Gasteiger charge is -2.31. The summed E-state index contributed by atoms with van der Waals surface area (Å²) in [6, 6.07) is 4.31. The maximum absolute atomic E-state index is 12.0. The van der Waals surface area contributed by atoms with Crippen LogP contribution in [-0.2, 0) is 11.2 Å². The molecule has 3 nitrogen and oxygen atoms in total. The third-order valence-corrected chi connectivity index (χ3v) is 3.35. The van der Waals surface area contributed by atoms with Gasteiger partial charge in [-0.25, -0.2) is 0 Å². The van der Waals surface area contributed by atoms with E-state index in [0.29, 0.717) is 13.0 Å². The summed E-state index contributed by atoms with van der Waals surface area (Å²) >= 11 is 0. The SMILES string of the molecule is Cc1cc(C)c2c(c1)N(C(=O)CCN)CCC2. The van der Waals surface area contributed by atoms with Crippen molar-refractivity contribution in [3.63, 3.8) is 0 Å². The van der Waals surface area contributed by atoms with Gasteiger partial charge in [0, 0.05) is 25.2 Å². The van der Waals surface area contributed by atoms with Crippen molar-refractivity contribution in [2.24, 2.45) is 5.73 Å². The van der Waals surface area contributed by atoms with Gasteiger partial charge in [-0.05, 0) is 49.4 Å². The Bertz CT molecular complexity index is 440. The molecule has 0 aliphatic carbocycles. The number of anilines is 1. The molecule has 0 spiro atoms. The van der Waals surface area contributed by atoms with Crippen molar-refractivity contribution in [2.45, 2.75) is 33.1 Å². The van der Waals surface area contributed by atoms with Gasteiger partial charge in [0.15, 0.2) is 0 Å². The van der Waals surface area contributed by atoms with Crippen LogP contribution in [0.5, 0.6) is 0 Å². The van der Waals surface area contributed by atoms with Gasteiger partial charge in [-0.2, -0.15) is 0 Å². The van der Waals surface area contributed by atoms with Crippen molar-refractivity contribution >= 4 is 11.6 Å². The molecule has 2 N–H and O–H groups in total. The van der Waals surface area contributed by atoms with Crippen LogP contribution in [0.4, 0.5) is 5.69 Å². The Labute approximate surface area is 103 Å². The molecule has 0 unspecified atom stereocenters. The molecule has 0 bridgehead atoms. The quantitative estimate of drug-likeness (QED) is 0.847. The van der Waals surface area contributed by atoms with Gasteiger partial charge in [-0.1, -0.05) is 6.07 Å². The minimum Gasteiger partial charge on any atom is -0.330 e. The molecule has 0 aromatic heterocycles. The van der Waals surface area contributed by atoms with Gasteiger partial charge in [0.1, 0.15) is 0 Å². The number of rotatable bonds is 2. The van der Waals surface area contributed by atoms with Gasteiger partial charge in [0.05, 0.1) is 0 Å². The molecule has 1 amide bonds. The molecular weight excluding hydrogens is 212 g/mol. The molecule has 17 heavy (non-hydrogen) atoms. The Morgan fingerprint density at radius 1 is 1.41 bits per heavy atom. The van der Waals surface area contributed by atoms with E-state index in [1.54, 1.807) is 0 Å². The molecule has 1 aromatic carbocycles. The van der Waals surface area contributed by atoms with E-state index in [2.05, 4.69) is 26.0 Å². The number of amides is 1. The smallest absolute Gasteiger partial charge is 0.228 e. The summed E-state index contributed by atoms with van der Waals surface area (Å²) in [6.07, 6.45) is 2.56. The average Bonchev–Trinajstić information content (AvgIpc) is 2.28. The number of aryl methyl sites for hydroxylation is 2. The number of carbonyl (C=O) groups excluding carboxylic acids is 1. The van der Waals surface area contributed by atoms with E-state index in [9.17, 15) is 4.79 Å². The molecule has 0 saturated carbocycles. The lowest BCUT2D eigenvalue weighted by Crippen LogP contribution is -2.36. The molecule has 2 rings (SSSR count). The standard InChI is InChI=1S/C14H20N2O/c1-10-8-11(2)12-4-3-7-16(13(12)9-10)14(17)5-6-15/h8-9H,3-7,15H2,1-2H3. The van der Waals surface area contributed by atoms with Gasteiger partial charge >= 0.3 is 0 Å². The van der Waals surface area contributed by atoms with E-state index in [-0.39, 0.29) is 5.91 Å². The molecule has 1 aliphatic rings. The largest absolute Gasteiger partial charge is 0.330 e. The number of benzene rings is 1. The average molecular weight is 232 g/mol. The zero-order valence-electron chi connectivity index (χ0n) is 10.6. The summed E-state index contributed by atoms with van der Waals surface area (Å²) < 4.78 is 0. The van der Waals surface area contributed by atoms with E-state index >= 15 is 0 Å². The van der Waals surface area contributed by atoms with Crippen molar-refractivity contribution in [3.05, 3.63) is 28.8 Å². The van der Waals surface area contributed by atoms with E-state index in [4.69, 9.17) is 5.73 Å². The van der Waals surface area contributed by atoms with E-state index in [0.717, 1.165) is 25.1 Å².